The van der Waals surface area contributed by atoms with Gasteiger partial charge in [0.1, 0.15) is 5.82 Å². The van der Waals surface area contributed by atoms with Crippen LogP contribution < -0.4 is 10.0 Å². The van der Waals surface area contributed by atoms with Crippen LogP contribution in [0, 0.1) is 5.92 Å². The van der Waals surface area contributed by atoms with Crippen molar-refractivity contribution in [2.45, 2.75) is 50.8 Å². The molecule has 0 amide bonds. The zero-order valence-corrected chi connectivity index (χ0v) is 15.7. The molecule has 0 atom stereocenters. The smallest absolute Gasteiger partial charge is 0.213 e. The van der Waals surface area contributed by atoms with Crippen molar-refractivity contribution in [2.24, 2.45) is 5.92 Å². The van der Waals surface area contributed by atoms with Crippen molar-refractivity contribution in [1.29, 1.82) is 0 Å². The van der Waals surface area contributed by atoms with Gasteiger partial charge in [-0.25, -0.2) is 18.1 Å². The van der Waals surface area contributed by atoms with E-state index in [1.54, 1.807) is 13.8 Å². The minimum Gasteiger partial charge on any atom is -0.367 e. The number of nitrogens with zero attached hydrogens (tertiary/aromatic N) is 1. The van der Waals surface area contributed by atoms with Crippen LogP contribution in [0.1, 0.15) is 39.5 Å². The summed E-state index contributed by atoms with van der Waals surface area (Å²) < 4.78 is 26.5. The topological polar surface area (TPSA) is 71.1 Å². The van der Waals surface area contributed by atoms with Crippen molar-refractivity contribution in [3.8, 4) is 0 Å². The zero-order valence-electron chi connectivity index (χ0n) is 14.9. The molecule has 1 aliphatic carbocycles. The Morgan fingerprint density at radius 2 is 1.84 bits per heavy atom. The van der Waals surface area contributed by atoms with Gasteiger partial charge in [-0.3, -0.25) is 0 Å². The highest BCUT2D eigenvalue weighted by molar-refractivity contribution is 7.90. The molecule has 2 N–H and O–H groups in total. The number of sulfonamides is 1. The summed E-state index contributed by atoms with van der Waals surface area (Å²) in [6.07, 6.45) is 5.99. The molecule has 1 heterocycles. The molecule has 0 radical (unpaired) electrons. The van der Waals surface area contributed by atoms with Gasteiger partial charge >= 0.3 is 0 Å². The van der Waals surface area contributed by atoms with Crippen LogP contribution >= 0.6 is 0 Å². The molecule has 1 saturated carbocycles. The van der Waals surface area contributed by atoms with Crippen LogP contribution in [0.4, 0.5) is 5.82 Å². The number of benzene rings is 1. The fourth-order valence-electron chi connectivity index (χ4n) is 3.34. The number of aromatic nitrogens is 1. The van der Waals surface area contributed by atoms with Crippen LogP contribution in [0.5, 0.6) is 0 Å². The first kappa shape index (κ1) is 18.1. The van der Waals surface area contributed by atoms with Gasteiger partial charge in [0.25, 0.3) is 0 Å². The Kier molecular flexibility index (Phi) is 5.59. The number of hydrogen-bond donors (Lipinski definition) is 2. The van der Waals surface area contributed by atoms with E-state index in [1.807, 2.05) is 24.4 Å². The largest absolute Gasteiger partial charge is 0.367 e. The first-order valence-corrected chi connectivity index (χ1v) is 10.6. The number of hydrogen-bond acceptors (Lipinski definition) is 4. The minimum atomic E-state index is -3.16. The van der Waals surface area contributed by atoms with Gasteiger partial charge in [-0.1, -0.05) is 24.3 Å². The SMILES string of the molecule is CC(C)S(=O)(=O)NC[C@H]1CC[C@H](Nc2nccc3ccccc23)CC1. The van der Waals surface area contributed by atoms with E-state index in [9.17, 15) is 8.42 Å². The molecule has 0 aliphatic heterocycles. The Morgan fingerprint density at radius 1 is 1.12 bits per heavy atom. The summed E-state index contributed by atoms with van der Waals surface area (Å²) in [4.78, 5) is 4.51. The van der Waals surface area contributed by atoms with Crippen LogP contribution in [0.2, 0.25) is 0 Å². The van der Waals surface area contributed by atoms with Crippen molar-refractivity contribution in [2.75, 3.05) is 11.9 Å². The zero-order chi connectivity index (χ0) is 17.9. The standard InChI is InChI=1S/C19H27N3O2S/c1-14(2)25(23,24)21-13-15-7-9-17(10-8-15)22-19-18-6-4-3-5-16(18)11-12-20-19/h3-6,11-12,14-15,17,21H,7-10,13H2,1-2H3,(H,20,22)/t15-,17-. The van der Waals surface area contributed by atoms with E-state index in [0.29, 0.717) is 18.5 Å². The summed E-state index contributed by atoms with van der Waals surface area (Å²) in [6, 6.07) is 10.7. The minimum absolute atomic E-state index is 0.372. The van der Waals surface area contributed by atoms with Gasteiger partial charge in [0, 0.05) is 24.2 Å². The average molecular weight is 362 g/mol. The lowest BCUT2D eigenvalue weighted by Crippen LogP contribution is -2.37. The molecule has 3 rings (SSSR count). The lowest BCUT2D eigenvalue weighted by atomic mass is 9.86. The normalized spacial score (nSPS) is 21.6. The summed E-state index contributed by atoms with van der Waals surface area (Å²) in [5.74, 6) is 1.37. The second kappa shape index (κ2) is 7.70. The average Bonchev–Trinajstić information content (AvgIpc) is 2.61. The second-order valence-corrected chi connectivity index (χ2v) is 9.51. The Hall–Kier alpha value is -1.66. The van der Waals surface area contributed by atoms with Crippen LogP contribution in [0.15, 0.2) is 36.5 Å². The van der Waals surface area contributed by atoms with Gasteiger partial charge < -0.3 is 5.32 Å². The van der Waals surface area contributed by atoms with Crippen molar-refractivity contribution in [3.05, 3.63) is 36.5 Å². The third-order valence-corrected chi connectivity index (χ3v) is 6.87. The molecular formula is C19H27N3O2S. The van der Waals surface area contributed by atoms with Gasteiger partial charge in [0.15, 0.2) is 0 Å². The van der Waals surface area contributed by atoms with Crippen LogP contribution in [0.3, 0.4) is 0 Å². The molecule has 1 aromatic heterocycles. The van der Waals surface area contributed by atoms with E-state index in [4.69, 9.17) is 0 Å². The Morgan fingerprint density at radius 3 is 2.56 bits per heavy atom. The maximum atomic E-state index is 11.9. The van der Waals surface area contributed by atoms with E-state index in [1.165, 1.54) is 5.39 Å². The number of pyridine rings is 1. The Labute approximate surface area is 150 Å². The molecule has 1 aliphatic rings. The van der Waals surface area contributed by atoms with E-state index >= 15 is 0 Å². The summed E-state index contributed by atoms with van der Waals surface area (Å²) in [6.45, 7) is 3.97. The van der Waals surface area contributed by atoms with E-state index in [-0.39, 0.29) is 5.25 Å². The summed E-state index contributed by atoms with van der Waals surface area (Å²) in [7, 11) is -3.16. The first-order valence-electron chi connectivity index (χ1n) is 9.04. The molecule has 1 fully saturated rings. The monoisotopic (exact) mass is 361 g/mol. The third-order valence-electron chi connectivity index (χ3n) is 5.06. The van der Waals surface area contributed by atoms with Crippen molar-refractivity contribution in [3.63, 3.8) is 0 Å². The molecule has 25 heavy (non-hydrogen) atoms. The lowest BCUT2D eigenvalue weighted by Gasteiger charge is -2.30. The van der Waals surface area contributed by atoms with Gasteiger partial charge in [0.2, 0.25) is 10.0 Å². The van der Waals surface area contributed by atoms with Crippen molar-refractivity contribution in [1.82, 2.24) is 9.71 Å². The number of anilines is 1. The quantitative estimate of drug-likeness (QED) is 0.826. The van der Waals surface area contributed by atoms with Crippen molar-refractivity contribution >= 4 is 26.6 Å². The van der Waals surface area contributed by atoms with Gasteiger partial charge in [0.05, 0.1) is 5.25 Å². The summed E-state index contributed by atoms with van der Waals surface area (Å²) in [5, 5.41) is 5.55. The summed E-state index contributed by atoms with van der Waals surface area (Å²) >= 11 is 0. The Balaban J connectivity index is 1.54. The van der Waals surface area contributed by atoms with E-state index in [0.717, 1.165) is 36.9 Å². The summed E-state index contributed by atoms with van der Waals surface area (Å²) in [5.41, 5.74) is 0. The van der Waals surface area contributed by atoms with E-state index in [2.05, 4.69) is 27.2 Å². The third kappa shape index (κ3) is 4.50. The number of nitrogens with one attached hydrogen (secondary N) is 2. The van der Waals surface area contributed by atoms with Crippen LogP contribution in [0.25, 0.3) is 10.8 Å². The highest BCUT2D eigenvalue weighted by Crippen LogP contribution is 2.28. The lowest BCUT2D eigenvalue weighted by molar-refractivity contribution is 0.337. The van der Waals surface area contributed by atoms with Gasteiger partial charge in [-0.05, 0) is 56.9 Å². The molecule has 0 unspecified atom stereocenters. The second-order valence-electron chi connectivity index (χ2n) is 7.18. The molecule has 136 valence electrons. The first-order chi connectivity index (χ1) is 12.0. The molecule has 5 nitrogen and oxygen atoms in total. The highest BCUT2D eigenvalue weighted by Gasteiger charge is 2.24. The van der Waals surface area contributed by atoms with Crippen LogP contribution in [-0.4, -0.2) is 31.2 Å². The number of rotatable bonds is 6. The molecule has 6 heteroatoms. The molecule has 1 aromatic carbocycles. The fourth-order valence-corrected chi connectivity index (χ4v) is 4.14. The van der Waals surface area contributed by atoms with E-state index < -0.39 is 10.0 Å². The molecule has 0 bridgehead atoms. The highest BCUT2D eigenvalue weighted by atomic mass is 32.2. The molecular weight excluding hydrogens is 334 g/mol. The van der Waals surface area contributed by atoms with Crippen LogP contribution in [-0.2, 0) is 10.0 Å². The predicted octanol–water partition coefficient (Wildman–Crippen LogP) is 3.53. The Bertz CT molecular complexity index is 807. The molecule has 2 aromatic rings. The number of fused-ring (bicyclic) bond motifs is 1. The van der Waals surface area contributed by atoms with Gasteiger partial charge in [-0.15, -0.1) is 0 Å². The van der Waals surface area contributed by atoms with Crippen molar-refractivity contribution < 1.29 is 8.42 Å². The fraction of sp³-hybridized carbons (Fsp3) is 0.526. The van der Waals surface area contributed by atoms with Gasteiger partial charge in [-0.2, -0.15) is 0 Å². The maximum absolute atomic E-state index is 11.9. The molecule has 0 spiro atoms. The maximum Gasteiger partial charge on any atom is 0.213 e. The molecule has 0 saturated heterocycles. The predicted molar refractivity (Wildman–Crippen MR) is 103 cm³/mol.